The van der Waals surface area contributed by atoms with Crippen LogP contribution in [0.25, 0.3) is 21.3 Å². The molecule has 0 radical (unpaired) electrons. The van der Waals surface area contributed by atoms with Gasteiger partial charge in [-0.3, -0.25) is 4.79 Å². The maximum Gasteiger partial charge on any atom is 0.277 e. The van der Waals surface area contributed by atoms with E-state index in [2.05, 4.69) is 65.4 Å². The number of thioether (sulfide) groups is 1. The van der Waals surface area contributed by atoms with Gasteiger partial charge in [0.1, 0.15) is 10.7 Å². The third kappa shape index (κ3) is 4.69. The summed E-state index contributed by atoms with van der Waals surface area (Å²) in [6, 6.07) is 18.5. The monoisotopic (exact) mass is 488 g/mol. The molecule has 0 amide bonds. The zero-order valence-electron chi connectivity index (χ0n) is 19.2. The molecule has 0 spiro atoms. The van der Waals surface area contributed by atoms with Crippen molar-refractivity contribution < 1.29 is 4.42 Å². The molecule has 0 aliphatic heterocycles. The first-order valence-corrected chi connectivity index (χ1v) is 12.9. The third-order valence-electron chi connectivity index (χ3n) is 5.76. The minimum absolute atomic E-state index is 0.122. The highest BCUT2D eigenvalue weighted by atomic mass is 32.2. The Labute approximate surface area is 205 Å². The van der Waals surface area contributed by atoms with Crippen molar-refractivity contribution in [1.82, 2.24) is 20.2 Å². The molecule has 2 aromatic carbocycles. The van der Waals surface area contributed by atoms with Crippen molar-refractivity contribution in [1.29, 1.82) is 0 Å². The van der Waals surface area contributed by atoms with Crippen LogP contribution < -0.4 is 5.56 Å². The maximum absolute atomic E-state index is 13.0. The molecule has 1 atom stereocenters. The van der Waals surface area contributed by atoms with Gasteiger partial charge in [-0.15, -0.1) is 21.5 Å². The van der Waals surface area contributed by atoms with Crippen LogP contribution in [0.2, 0.25) is 0 Å². The Morgan fingerprint density at radius 1 is 1.06 bits per heavy atom. The molecule has 0 saturated carbocycles. The Hall–Kier alpha value is -3.23. The quantitative estimate of drug-likeness (QED) is 0.271. The van der Waals surface area contributed by atoms with Gasteiger partial charge in [-0.2, -0.15) is 0 Å². The topological polar surface area (TPSA) is 84.7 Å². The third-order valence-corrected chi connectivity index (χ3v) is 7.59. The number of nitrogens with one attached hydrogen (secondary N) is 1. The smallest absolute Gasteiger partial charge is 0.277 e. The van der Waals surface area contributed by atoms with Crippen molar-refractivity contribution in [2.75, 3.05) is 0 Å². The lowest BCUT2D eigenvalue weighted by Crippen LogP contribution is -2.10. The first-order valence-electron chi connectivity index (χ1n) is 11.1. The number of aromatic nitrogens is 4. The molecule has 3 heterocycles. The van der Waals surface area contributed by atoms with Crippen molar-refractivity contribution in [2.24, 2.45) is 0 Å². The maximum atomic E-state index is 13.0. The van der Waals surface area contributed by atoms with E-state index in [-0.39, 0.29) is 11.5 Å². The minimum Gasteiger partial charge on any atom is -0.416 e. The summed E-state index contributed by atoms with van der Waals surface area (Å²) in [4.78, 5) is 22.5. The molecule has 0 fully saturated rings. The van der Waals surface area contributed by atoms with Crippen molar-refractivity contribution in [3.8, 4) is 11.1 Å². The first kappa shape index (κ1) is 22.6. The van der Waals surface area contributed by atoms with Crippen LogP contribution in [-0.4, -0.2) is 20.2 Å². The molecule has 8 heteroatoms. The number of H-pyrrole nitrogens is 1. The highest BCUT2D eigenvalue weighted by Crippen LogP contribution is 2.36. The summed E-state index contributed by atoms with van der Waals surface area (Å²) in [5.41, 5.74) is 4.30. The summed E-state index contributed by atoms with van der Waals surface area (Å²) in [6.45, 7) is 6.23. The van der Waals surface area contributed by atoms with Gasteiger partial charge in [0.15, 0.2) is 0 Å². The molecular formula is C26H24N4O2S2. The second-order valence-electron chi connectivity index (χ2n) is 8.36. The molecule has 5 aromatic rings. The van der Waals surface area contributed by atoms with Crippen molar-refractivity contribution in [3.63, 3.8) is 0 Å². The van der Waals surface area contributed by atoms with Gasteiger partial charge < -0.3 is 9.40 Å². The van der Waals surface area contributed by atoms with E-state index in [1.165, 1.54) is 22.9 Å². The van der Waals surface area contributed by atoms with Crippen molar-refractivity contribution in [2.45, 2.75) is 44.1 Å². The number of hydrogen-bond donors (Lipinski definition) is 1. The molecule has 0 aliphatic rings. The van der Waals surface area contributed by atoms with Gasteiger partial charge in [0, 0.05) is 16.9 Å². The van der Waals surface area contributed by atoms with Crippen LogP contribution in [0.5, 0.6) is 0 Å². The van der Waals surface area contributed by atoms with E-state index < -0.39 is 0 Å². The number of aryl methyl sites for hydroxylation is 2. The highest BCUT2D eigenvalue weighted by molar-refractivity contribution is 7.98. The molecule has 0 saturated heterocycles. The predicted molar refractivity (Wildman–Crippen MR) is 138 cm³/mol. The lowest BCUT2D eigenvalue weighted by atomic mass is 9.98. The summed E-state index contributed by atoms with van der Waals surface area (Å²) in [5, 5.41) is 9.47. The molecule has 0 bridgehead atoms. The zero-order chi connectivity index (χ0) is 23.7. The van der Waals surface area contributed by atoms with E-state index in [9.17, 15) is 4.79 Å². The normalized spacial score (nSPS) is 12.3. The van der Waals surface area contributed by atoms with Gasteiger partial charge in [0.2, 0.25) is 5.89 Å². The lowest BCUT2D eigenvalue weighted by molar-refractivity contribution is 0.404. The van der Waals surface area contributed by atoms with Crippen molar-refractivity contribution in [3.05, 3.63) is 92.7 Å². The Morgan fingerprint density at radius 3 is 2.59 bits per heavy atom. The van der Waals surface area contributed by atoms with Crippen LogP contribution in [-0.2, 0) is 12.2 Å². The molecule has 5 rings (SSSR count). The zero-order valence-corrected chi connectivity index (χ0v) is 20.8. The lowest BCUT2D eigenvalue weighted by Gasteiger charge is -2.08. The number of thiophene rings is 1. The van der Waals surface area contributed by atoms with Crippen LogP contribution in [0.1, 0.15) is 40.6 Å². The standard InChI is InChI=1S/C26H24N4O2S2/c1-15-9-11-19(12-10-15)22-17(3)34-25-23(22)24(31)27-20(28-25)14-33-26-30-29-21(32-26)13-16(2)18-7-5-4-6-8-18/h4-12,16H,13-14H2,1-3H3,(H,27,28,31). The van der Waals surface area contributed by atoms with Crippen LogP contribution in [0, 0.1) is 13.8 Å². The molecule has 1 unspecified atom stereocenters. The van der Waals surface area contributed by atoms with Crippen LogP contribution in [0.15, 0.2) is 69.0 Å². The highest BCUT2D eigenvalue weighted by Gasteiger charge is 2.18. The largest absolute Gasteiger partial charge is 0.416 e. The van der Waals surface area contributed by atoms with Gasteiger partial charge in [0.05, 0.1) is 11.1 Å². The van der Waals surface area contributed by atoms with Crippen molar-refractivity contribution >= 4 is 33.3 Å². The fraction of sp³-hybridized carbons (Fsp3) is 0.231. The average molecular weight is 489 g/mol. The van der Waals surface area contributed by atoms with E-state index >= 15 is 0 Å². The van der Waals surface area contributed by atoms with Crippen LogP contribution >= 0.6 is 23.1 Å². The second-order valence-corrected chi connectivity index (χ2v) is 10.5. The van der Waals surface area contributed by atoms with E-state index in [4.69, 9.17) is 9.40 Å². The van der Waals surface area contributed by atoms with Gasteiger partial charge in [-0.05, 0) is 30.9 Å². The number of aromatic amines is 1. The SMILES string of the molecule is Cc1ccc(-c2c(C)sc3nc(CSc4nnc(CC(C)c5ccccc5)o4)[nH]c(=O)c23)cc1. The summed E-state index contributed by atoms with van der Waals surface area (Å²) in [5.74, 6) is 1.92. The minimum atomic E-state index is -0.122. The molecule has 3 aromatic heterocycles. The number of nitrogens with zero attached hydrogens (tertiary/aromatic N) is 3. The number of hydrogen-bond acceptors (Lipinski definition) is 7. The fourth-order valence-corrected chi connectivity index (χ4v) is 5.69. The van der Waals surface area contributed by atoms with Crippen LogP contribution in [0.4, 0.5) is 0 Å². The molecule has 0 aliphatic carbocycles. The molecule has 172 valence electrons. The molecular weight excluding hydrogens is 464 g/mol. The van der Waals surface area contributed by atoms with E-state index in [1.54, 1.807) is 11.3 Å². The van der Waals surface area contributed by atoms with Gasteiger partial charge in [-0.25, -0.2) is 4.98 Å². The molecule has 6 nitrogen and oxygen atoms in total. The number of fused-ring (bicyclic) bond motifs is 1. The Balaban J connectivity index is 1.32. The van der Waals surface area contributed by atoms with Gasteiger partial charge in [-0.1, -0.05) is 78.8 Å². The fourth-order valence-electron chi connectivity index (χ4n) is 3.97. The summed E-state index contributed by atoms with van der Waals surface area (Å²) in [6.07, 6.45) is 0.675. The summed E-state index contributed by atoms with van der Waals surface area (Å²) >= 11 is 2.92. The second kappa shape index (κ2) is 9.56. The number of rotatable bonds is 7. The van der Waals surface area contributed by atoms with E-state index in [0.717, 1.165) is 20.8 Å². The summed E-state index contributed by atoms with van der Waals surface area (Å²) in [7, 11) is 0. The van der Waals surface area contributed by atoms with Gasteiger partial charge in [0.25, 0.3) is 10.8 Å². The Bertz CT molecular complexity index is 1490. The van der Waals surface area contributed by atoms with E-state index in [0.29, 0.717) is 34.5 Å². The molecule has 34 heavy (non-hydrogen) atoms. The summed E-state index contributed by atoms with van der Waals surface area (Å²) < 4.78 is 5.83. The first-order chi connectivity index (χ1) is 16.5. The van der Waals surface area contributed by atoms with Crippen LogP contribution in [0.3, 0.4) is 0 Å². The Kier molecular flexibility index (Phi) is 6.34. The predicted octanol–water partition coefficient (Wildman–Crippen LogP) is 6.29. The average Bonchev–Trinajstić information content (AvgIpc) is 3.42. The van der Waals surface area contributed by atoms with Gasteiger partial charge >= 0.3 is 0 Å². The number of benzene rings is 2. The molecule has 1 N–H and O–H groups in total. The van der Waals surface area contributed by atoms with E-state index in [1.807, 2.05) is 25.1 Å². The Morgan fingerprint density at radius 2 is 1.82 bits per heavy atom.